The summed E-state index contributed by atoms with van der Waals surface area (Å²) in [7, 11) is 3.86. The molecule has 1 aliphatic rings. The Morgan fingerprint density at radius 1 is 1.47 bits per heavy atom. The van der Waals surface area contributed by atoms with E-state index < -0.39 is 0 Å². The second-order valence-electron chi connectivity index (χ2n) is 5.00. The zero-order valence-electron chi connectivity index (χ0n) is 11.4. The summed E-state index contributed by atoms with van der Waals surface area (Å²) >= 11 is 3.57. The molecule has 5 heteroatoms. The highest BCUT2D eigenvalue weighted by molar-refractivity contribution is 9.10. The van der Waals surface area contributed by atoms with Gasteiger partial charge in [0.25, 0.3) is 0 Å². The molecule has 1 aromatic carbocycles. The third-order valence-electron chi connectivity index (χ3n) is 3.17. The van der Waals surface area contributed by atoms with Crippen LogP contribution in [0, 0.1) is 0 Å². The van der Waals surface area contributed by atoms with Crippen LogP contribution >= 0.6 is 15.9 Å². The van der Waals surface area contributed by atoms with Gasteiger partial charge in [0.2, 0.25) is 5.91 Å². The fraction of sp³-hybridized carbons (Fsp3) is 0.500. The van der Waals surface area contributed by atoms with E-state index in [-0.39, 0.29) is 5.91 Å². The molecule has 0 radical (unpaired) electrons. The van der Waals surface area contributed by atoms with Gasteiger partial charge >= 0.3 is 0 Å². The second-order valence-corrected chi connectivity index (χ2v) is 5.86. The first kappa shape index (κ1) is 14.3. The Kier molecular flexibility index (Phi) is 4.82. The van der Waals surface area contributed by atoms with Gasteiger partial charge in [-0.2, -0.15) is 0 Å². The number of anilines is 1. The number of nitrogens with one attached hydrogen (secondary N) is 2. The average molecular weight is 326 g/mol. The molecule has 19 heavy (non-hydrogen) atoms. The van der Waals surface area contributed by atoms with Crippen molar-refractivity contribution in [2.24, 2.45) is 0 Å². The van der Waals surface area contributed by atoms with E-state index >= 15 is 0 Å². The van der Waals surface area contributed by atoms with Crippen LogP contribution in [0.3, 0.4) is 0 Å². The number of hydrogen-bond donors (Lipinski definition) is 2. The maximum Gasteiger partial charge on any atom is 0.239 e. The summed E-state index contributed by atoms with van der Waals surface area (Å²) in [5.74, 6) is 0.0976. The molecule has 2 N–H and O–H groups in total. The first-order valence-electron chi connectivity index (χ1n) is 6.53. The summed E-state index contributed by atoms with van der Waals surface area (Å²) in [6, 6.07) is 6.59. The second kappa shape index (κ2) is 6.39. The Balaban J connectivity index is 1.95. The predicted molar refractivity (Wildman–Crippen MR) is 81.3 cm³/mol. The highest BCUT2D eigenvalue weighted by Gasteiger charge is 2.23. The Morgan fingerprint density at radius 3 is 2.79 bits per heavy atom. The van der Waals surface area contributed by atoms with Crippen molar-refractivity contribution in [2.45, 2.75) is 25.4 Å². The third kappa shape index (κ3) is 4.21. The van der Waals surface area contributed by atoms with Crippen LogP contribution in [0.15, 0.2) is 22.7 Å². The highest BCUT2D eigenvalue weighted by Crippen LogP contribution is 2.24. The zero-order chi connectivity index (χ0) is 13.8. The number of amides is 1. The van der Waals surface area contributed by atoms with Crippen molar-refractivity contribution < 1.29 is 4.79 Å². The third-order valence-corrected chi connectivity index (χ3v) is 3.91. The molecule has 0 aliphatic heterocycles. The lowest BCUT2D eigenvalue weighted by Crippen LogP contribution is -2.36. The molecule has 0 aromatic heterocycles. The number of nitrogens with zero attached hydrogens (tertiary/aromatic N) is 1. The summed E-state index contributed by atoms with van der Waals surface area (Å²) in [6.45, 7) is 1.22. The smallest absolute Gasteiger partial charge is 0.239 e. The number of carbonyl (C=O) groups excluding carboxylic acids is 1. The molecule has 2 rings (SSSR count). The molecule has 1 aromatic rings. The number of benzene rings is 1. The minimum atomic E-state index is 0.0976. The van der Waals surface area contributed by atoms with Crippen LogP contribution in [0.25, 0.3) is 0 Å². The average Bonchev–Trinajstić information content (AvgIpc) is 3.15. The normalized spacial score (nSPS) is 14.3. The molecule has 1 fully saturated rings. The van der Waals surface area contributed by atoms with Gasteiger partial charge in [0.1, 0.15) is 0 Å². The van der Waals surface area contributed by atoms with E-state index in [4.69, 9.17) is 0 Å². The minimum absolute atomic E-state index is 0.0976. The van der Waals surface area contributed by atoms with Crippen LogP contribution in [-0.4, -0.2) is 32.6 Å². The molecule has 1 amide bonds. The van der Waals surface area contributed by atoms with Crippen LogP contribution in [0.2, 0.25) is 0 Å². The first-order chi connectivity index (χ1) is 9.10. The van der Waals surface area contributed by atoms with Gasteiger partial charge in [-0.1, -0.05) is 22.0 Å². The van der Waals surface area contributed by atoms with Crippen molar-refractivity contribution in [3.63, 3.8) is 0 Å². The molecule has 0 unspecified atom stereocenters. The van der Waals surface area contributed by atoms with Crippen molar-refractivity contribution in [1.29, 1.82) is 0 Å². The van der Waals surface area contributed by atoms with E-state index in [1.807, 2.05) is 25.1 Å². The van der Waals surface area contributed by atoms with Gasteiger partial charge in [-0.15, -0.1) is 0 Å². The summed E-state index contributed by atoms with van der Waals surface area (Å²) in [5.41, 5.74) is 2.25. The summed E-state index contributed by atoms with van der Waals surface area (Å²) in [5, 5.41) is 6.13. The topological polar surface area (TPSA) is 44.4 Å². The molecule has 1 aliphatic carbocycles. The number of likely N-dealkylation sites (N-methyl/N-ethyl adjacent to an activating group) is 1. The van der Waals surface area contributed by atoms with Gasteiger partial charge in [-0.05, 0) is 37.6 Å². The number of rotatable bonds is 6. The lowest BCUT2D eigenvalue weighted by molar-refractivity contribution is -0.119. The lowest BCUT2D eigenvalue weighted by Gasteiger charge is -2.20. The Hall–Kier alpha value is -1.07. The van der Waals surface area contributed by atoms with Gasteiger partial charge < -0.3 is 15.5 Å². The zero-order valence-corrected chi connectivity index (χ0v) is 13.0. The molecular formula is C14H20BrN3O. The summed E-state index contributed by atoms with van der Waals surface area (Å²) < 4.78 is 1.06. The van der Waals surface area contributed by atoms with Gasteiger partial charge in [-0.25, -0.2) is 0 Å². The van der Waals surface area contributed by atoms with E-state index in [9.17, 15) is 4.79 Å². The van der Waals surface area contributed by atoms with Crippen molar-refractivity contribution in [3.8, 4) is 0 Å². The number of hydrogen-bond acceptors (Lipinski definition) is 3. The number of carbonyl (C=O) groups is 1. The molecule has 0 saturated heterocycles. The van der Waals surface area contributed by atoms with Crippen LogP contribution in [0.1, 0.15) is 18.4 Å². The van der Waals surface area contributed by atoms with Gasteiger partial charge in [0.05, 0.1) is 6.54 Å². The molecule has 1 saturated carbocycles. The Labute approximate surface area is 122 Å². The SMILES string of the molecule is CNCc1ccc(N(C)CC(=O)NC2CC2)cc1Br. The molecule has 0 bridgehead atoms. The van der Waals surface area contributed by atoms with Crippen molar-refractivity contribution in [3.05, 3.63) is 28.2 Å². The minimum Gasteiger partial charge on any atom is -0.365 e. The molecule has 0 heterocycles. The van der Waals surface area contributed by atoms with Gasteiger partial charge in [0.15, 0.2) is 0 Å². The quantitative estimate of drug-likeness (QED) is 0.839. The molecule has 0 spiro atoms. The van der Waals surface area contributed by atoms with E-state index in [0.29, 0.717) is 12.6 Å². The van der Waals surface area contributed by atoms with Gasteiger partial charge in [-0.3, -0.25) is 4.79 Å². The van der Waals surface area contributed by atoms with Crippen LogP contribution in [-0.2, 0) is 11.3 Å². The van der Waals surface area contributed by atoms with E-state index in [2.05, 4.69) is 38.7 Å². The molecule has 4 nitrogen and oxygen atoms in total. The van der Waals surface area contributed by atoms with E-state index in [1.54, 1.807) is 0 Å². The van der Waals surface area contributed by atoms with Gasteiger partial charge in [0, 0.05) is 29.8 Å². The largest absolute Gasteiger partial charge is 0.365 e. The Bertz CT molecular complexity index is 460. The molecular weight excluding hydrogens is 306 g/mol. The van der Waals surface area contributed by atoms with E-state index in [0.717, 1.165) is 29.5 Å². The maximum absolute atomic E-state index is 11.8. The number of halogens is 1. The summed E-state index contributed by atoms with van der Waals surface area (Å²) in [6.07, 6.45) is 2.25. The fourth-order valence-electron chi connectivity index (χ4n) is 1.92. The fourth-order valence-corrected chi connectivity index (χ4v) is 2.42. The monoisotopic (exact) mass is 325 g/mol. The first-order valence-corrected chi connectivity index (χ1v) is 7.33. The van der Waals surface area contributed by atoms with Crippen LogP contribution < -0.4 is 15.5 Å². The van der Waals surface area contributed by atoms with E-state index in [1.165, 1.54) is 5.56 Å². The van der Waals surface area contributed by atoms with Crippen molar-refractivity contribution in [2.75, 3.05) is 25.5 Å². The highest BCUT2D eigenvalue weighted by atomic mass is 79.9. The standard InChI is InChI=1S/C14H20BrN3O/c1-16-8-10-3-6-12(7-13(10)15)18(2)9-14(19)17-11-4-5-11/h3,6-7,11,16H,4-5,8-9H2,1-2H3,(H,17,19). The predicted octanol–water partition coefficient (Wildman–Crippen LogP) is 1.88. The van der Waals surface area contributed by atoms with Crippen LogP contribution in [0.5, 0.6) is 0 Å². The maximum atomic E-state index is 11.8. The lowest BCUT2D eigenvalue weighted by atomic mass is 10.2. The van der Waals surface area contributed by atoms with Crippen molar-refractivity contribution >= 4 is 27.5 Å². The Morgan fingerprint density at radius 2 is 2.21 bits per heavy atom. The molecule has 104 valence electrons. The van der Waals surface area contributed by atoms with Crippen LogP contribution in [0.4, 0.5) is 5.69 Å². The summed E-state index contributed by atoms with van der Waals surface area (Å²) in [4.78, 5) is 13.7. The molecule has 0 atom stereocenters. The van der Waals surface area contributed by atoms with Crippen molar-refractivity contribution in [1.82, 2.24) is 10.6 Å².